The van der Waals surface area contributed by atoms with Crippen molar-refractivity contribution in [3.63, 3.8) is 0 Å². The maximum atomic E-state index is 12.8. The van der Waals surface area contributed by atoms with E-state index in [-0.39, 0.29) is 29.8 Å². The molecule has 1 aromatic heterocycles. The maximum Gasteiger partial charge on any atom is 0.352 e. The third-order valence-electron chi connectivity index (χ3n) is 5.29. The van der Waals surface area contributed by atoms with Crippen LogP contribution in [-0.2, 0) is 20.9 Å². The average molecular weight is 520 g/mol. The van der Waals surface area contributed by atoms with Gasteiger partial charge < -0.3 is 15.2 Å². The van der Waals surface area contributed by atoms with Crippen LogP contribution >= 0.6 is 23.5 Å². The SMILES string of the molecule is CCn1c(SCC2=C(C(=O)O)N3C(=O)C(NC(=O)COc4ccccc4)[C@@H]3SC2)n[nH]c(=O)c1=O. The number of amides is 2. The number of β-lactam (4-membered cyclic amide) rings is 1. The first-order valence-electron chi connectivity index (χ1n) is 10.5. The van der Waals surface area contributed by atoms with Gasteiger partial charge >= 0.3 is 17.1 Å². The first-order chi connectivity index (χ1) is 16.8. The highest BCUT2D eigenvalue weighted by molar-refractivity contribution is 8.01. The standard InChI is InChI=1S/C21H21N5O7S2/c1-2-25-18(30)16(28)23-24-21(25)35-10-11-9-34-19-14(17(29)26(19)15(11)20(31)32)22-13(27)8-33-12-6-4-3-5-7-12/h3-7,14,19H,2,8-10H2,1H3,(H,22,27)(H,23,28)(H,31,32)/t14?,19-/m0/s1. The monoisotopic (exact) mass is 519 g/mol. The van der Waals surface area contributed by atoms with Crippen molar-refractivity contribution in [2.75, 3.05) is 18.1 Å². The molecule has 14 heteroatoms. The molecule has 0 bridgehead atoms. The highest BCUT2D eigenvalue weighted by Gasteiger charge is 2.54. The molecule has 2 atom stereocenters. The van der Waals surface area contributed by atoms with Gasteiger partial charge in [0.05, 0.1) is 0 Å². The molecule has 0 aliphatic carbocycles. The van der Waals surface area contributed by atoms with Crippen molar-refractivity contribution in [1.29, 1.82) is 0 Å². The van der Waals surface area contributed by atoms with Crippen molar-refractivity contribution in [2.45, 2.75) is 30.0 Å². The number of hydrogen-bond acceptors (Lipinski definition) is 9. The van der Waals surface area contributed by atoms with Crippen molar-refractivity contribution in [3.8, 4) is 5.75 Å². The predicted molar refractivity (Wildman–Crippen MR) is 127 cm³/mol. The maximum absolute atomic E-state index is 12.8. The lowest BCUT2D eigenvalue weighted by Crippen LogP contribution is -2.70. The number of thioether (sulfide) groups is 2. The molecule has 0 saturated carbocycles. The van der Waals surface area contributed by atoms with E-state index in [9.17, 15) is 29.1 Å². The van der Waals surface area contributed by atoms with E-state index in [4.69, 9.17) is 4.74 Å². The Morgan fingerprint density at radius 2 is 2.03 bits per heavy atom. The lowest BCUT2D eigenvalue weighted by molar-refractivity contribution is -0.150. The molecule has 12 nitrogen and oxygen atoms in total. The van der Waals surface area contributed by atoms with Gasteiger partial charge in [0.25, 0.3) is 11.8 Å². The summed E-state index contributed by atoms with van der Waals surface area (Å²) in [5.41, 5.74) is -1.26. The van der Waals surface area contributed by atoms with Crippen LogP contribution in [0, 0.1) is 0 Å². The fraction of sp³-hybridized carbons (Fsp3) is 0.333. The number of fused-ring (bicyclic) bond motifs is 1. The Morgan fingerprint density at radius 3 is 2.71 bits per heavy atom. The van der Waals surface area contributed by atoms with Crippen LogP contribution in [-0.4, -0.2) is 72.1 Å². The summed E-state index contributed by atoms with van der Waals surface area (Å²) in [7, 11) is 0. The Morgan fingerprint density at radius 1 is 1.29 bits per heavy atom. The second-order valence-corrected chi connectivity index (χ2v) is 9.53. The molecule has 35 heavy (non-hydrogen) atoms. The first-order valence-corrected chi connectivity index (χ1v) is 12.5. The Bertz CT molecular complexity index is 1310. The Balaban J connectivity index is 1.43. The number of para-hydroxylation sites is 1. The molecule has 3 heterocycles. The van der Waals surface area contributed by atoms with E-state index >= 15 is 0 Å². The van der Waals surface area contributed by atoms with E-state index in [1.807, 2.05) is 6.07 Å². The van der Waals surface area contributed by atoms with Crippen LogP contribution in [0.1, 0.15) is 6.92 Å². The largest absolute Gasteiger partial charge is 0.484 e. The zero-order chi connectivity index (χ0) is 25.1. The van der Waals surface area contributed by atoms with Gasteiger partial charge in [0.1, 0.15) is 22.9 Å². The van der Waals surface area contributed by atoms with Crippen molar-refractivity contribution >= 4 is 41.3 Å². The fourth-order valence-electron chi connectivity index (χ4n) is 3.63. The van der Waals surface area contributed by atoms with Crippen molar-refractivity contribution in [1.82, 2.24) is 25.0 Å². The van der Waals surface area contributed by atoms with E-state index < -0.39 is 40.3 Å². The molecule has 1 aromatic carbocycles. The number of rotatable bonds is 9. The highest BCUT2D eigenvalue weighted by Crippen LogP contribution is 2.41. The van der Waals surface area contributed by atoms with Crippen LogP contribution in [0.15, 0.2) is 56.3 Å². The summed E-state index contributed by atoms with van der Waals surface area (Å²) < 4.78 is 6.59. The number of carboxylic acid groups (broad SMARTS) is 1. The van der Waals surface area contributed by atoms with Crippen LogP contribution in [0.25, 0.3) is 0 Å². The summed E-state index contributed by atoms with van der Waals surface area (Å²) in [6, 6.07) is 7.89. The summed E-state index contributed by atoms with van der Waals surface area (Å²) in [6.45, 7) is 1.63. The van der Waals surface area contributed by atoms with Gasteiger partial charge in [0.15, 0.2) is 11.8 Å². The minimum Gasteiger partial charge on any atom is -0.484 e. The molecular formula is C21H21N5O7S2. The second kappa shape index (κ2) is 10.4. The molecule has 2 aliphatic rings. The number of ether oxygens (including phenoxy) is 1. The number of aromatic nitrogens is 3. The quantitative estimate of drug-likeness (QED) is 0.231. The van der Waals surface area contributed by atoms with E-state index in [0.717, 1.165) is 11.8 Å². The van der Waals surface area contributed by atoms with Gasteiger partial charge in [0.2, 0.25) is 0 Å². The van der Waals surface area contributed by atoms with Gasteiger partial charge in [-0.05, 0) is 24.6 Å². The molecule has 1 unspecified atom stereocenters. The number of nitrogens with zero attached hydrogens (tertiary/aromatic N) is 3. The van der Waals surface area contributed by atoms with Crippen LogP contribution in [0.4, 0.5) is 0 Å². The predicted octanol–water partition coefficient (Wildman–Crippen LogP) is -0.139. The van der Waals surface area contributed by atoms with Crippen molar-refractivity contribution < 1.29 is 24.2 Å². The lowest BCUT2D eigenvalue weighted by Gasteiger charge is -2.49. The number of benzene rings is 1. The normalized spacial score (nSPS) is 19.1. The summed E-state index contributed by atoms with van der Waals surface area (Å²) in [4.78, 5) is 61.8. The number of hydrogen-bond donors (Lipinski definition) is 3. The number of H-pyrrole nitrogens is 1. The van der Waals surface area contributed by atoms with Crippen LogP contribution in [0.2, 0.25) is 0 Å². The highest BCUT2D eigenvalue weighted by atomic mass is 32.2. The van der Waals surface area contributed by atoms with Crippen LogP contribution in [0.3, 0.4) is 0 Å². The van der Waals surface area contributed by atoms with Gasteiger partial charge in [-0.1, -0.05) is 30.0 Å². The first kappa shape index (κ1) is 24.6. The molecule has 184 valence electrons. The van der Waals surface area contributed by atoms with Gasteiger partial charge in [0, 0.05) is 18.1 Å². The minimum atomic E-state index is -1.27. The zero-order valence-electron chi connectivity index (χ0n) is 18.4. The van der Waals surface area contributed by atoms with Crippen molar-refractivity contribution in [2.24, 2.45) is 0 Å². The molecule has 2 amide bonds. The summed E-state index contributed by atoms with van der Waals surface area (Å²) >= 11 is 2.42. The topological polar surface area (TPSA) is 164 Å². The molecule has 1 saturated heterocycles. The molecule has 2 aliphatic heterocycles. The number of nitrogens with one attached hydrogen (secondary N) is 2. The zero-order valence-corrected chi connectivity index (χ0v) is 20.1. The second-order valence-electron chi connectivity index (χ2n) is 7.49. The number of aromatic amines is 1. The van der Waals surface area contributed by atoms with Gasteiger partial charge in [-0.25, -0.2) is 9.89 Å². The Labute approximate surface area is 206 Å². The van der Waals surface area contributed by atoms with Gasteiger partial charge in [-0.15, -0.1) is 16.9 Å². The number of aliphatic carboxylic acids is 1. The third-order valence-corrected chi connectivity index (χ3v) is 7.70. The molecule has 0 radical (unpaired) electrons. The van der Waals surface area contributed by atoms with Crippen LogP contribution < -0.4 is 21.2 Å². The molecule has 4 rings (SSSR count). The van der Waals surface area contributed by atoms with E-state index in [1.54, 1.807) is 31.2 Å². The van der Waals surface area contributed by atoms with Crippen molar-refractivity contribution in [3.05, 3.63) is 62.3 Å². The molecule has 1 fully saturated rings. The fourth-order valence-corrected chi connectivity index (χ4v) is 6.13. The third kappa shape index (κ3) is 4.98. The molecular weight excluding hydrogens is 498 g/mol. The number of carboxylic acids is 1. The summed E-state index contributed by atoms with van der Waals surface area (Å²) in [6.07, 6.45) is 0. The molecule has 2 aromatic rings. The van der Waals surface area contributed by atoms with Gasteiger partial charge in [-0.2, -0.15) is 0 Å². The molecule has 0 spiro atoms. The smallest absolute Gasteiger partial charge is 0.352 e. The van der Waals surface area contributed by atoms with Crippen LogP contribution in [0.5, 0.6) is 5.75 Å². The number of carbonyl (C=O) groups excluding carboxylic acids is 2. The minimum absolute atomic E-state index is 0.144. The Kier molecular flexibility index (Phi) is 7.31. The van der Waals surface area contributed by atoms with E-state index in [2.05, 4.69) is 15.5 Å². The Hall–Kier alpha value is -3.52. The summed E-state index contributed by atoms with van der Waals surface area (Å²) in [5, 5.41) is 18.1. The molecule has 3 N–H and O–H groups in total. The average Bonchev–Trinajstić information content (AvgIpc) is 2.86. The number of carbonyl (C=O) groups is 3. The summed E-state index contributed by atoms with van der Waals surface area (Å²) in [5.74, 6) is -1.32. The van der Waals surface area contributed by atoms with E-state index in [1.165, 1.54) is 21.2 Å². The lowest BCUT2D eigenvalue weighted by atomic mass is 10.0. The van der Waals surface area contributed by atoms with Gasteiger partial charge in [-0.3, -0.25) is 28.6 Å². The van der Waals surface area contributed by atoms with E-state index in [0.29, 0.717) is 17.1 Å².